The topological polar surface area (TPSA) is 58.1 Å². The Kier molecular flexibility index (Phi) is 9.01. The minimum atomic E-state index is 0.0673. The van der Waals surface area contributed by atoms with Gasteiger partial charge in [-0.25, -0.2) is 4.98 Å². The summed E-state index contributed by atoms with van der Waals surface area (Å²) in [6.45, 7) is 3.35. The van der Waals surface area contributed by atoms with Gasteiger partial charge in [-0.05, 0) is 36.5 Å². The molecular weight excluding hydrogens is 452 g/mol. The predicted octanol–water partition coefficient (Wildman–Crippen LogP) is 5.66. The van der Waals surface area contributed by atoms with Gasteiger partial charge in [0.2, 0.25) is 11.0 Å². The van der Waals surface area contributed by atoms with E-state index in [9.17, 15) is 4.79 Å². The number of hydrogen-bond donors (Lipinski definition) is 1. The maximum atomic E-state index is 12.7. The van der Waals surface area contributed by atoms with Gasteiger partial charge in [-0.1, -0.05) is 91.0 Å². The van der Waals surface area contributed by atoms with E-state index in [0.717, 1.165) is 23.8 Å². The van der Waals surface area contributed by atoms with Crippen LogP contribution in [0.2, 0.25) is 0 Å². The molecule has 1 amide bonds. The van der Waals surface area contributed by atoms with Crippen LogP contribution in [0.1, 0.15) is 42.3 Å². The molecule has 0 saturated carbocycles. The van der Waals surface area contributed by atoms with Crippen molar-refractivity contribution in [1.82, 2.24) is 14.7 Å². The molecule has 4 aromatic rings. The average molecular weight is 485 g/mol. The van der Waals surface area contributed by atoms with Crippen LogP contribution in [0.15, 0.2) is 91.0 Å². The van der Waals surface area contributed by atoms with Crippen LogP contribution in [0.3, 0.4) is 0 Å². The molecule has 180 valence electrons. The Hall–Kier alpha value is -3.51. The van der Waals surface area contributed by atoms with Gasteiger partial charge in [0.05, 0.1) is 0 Å². The lowest BCUT2D eigenvalue weighted by molar-refractivity contribution is -0.121. The first-order valence-electron chi connectivity index (χ1n) is 12.1. The Morgan fingerprint density at radius 3 is 2.14 bits per heavy atom. The van der Waals surface area contributed by atoms with E-state index in [1.807, 2.05) is 42.5 Å². The molecule has 1 unspecified atom stereocenters. The molecule has 0 saturated heterocycles. The van der Waals surface area contributed by atoms with Crippen molar-refractivity contribution in [2.45, 2.75) is 45.2 Å². The molecular formula is C29H32N4OS. The first-order chi connectivity index (χ1) is 17.2. The van der Waals surface area contributed by atoms with E-state index in [1.54, 1.807) is 0 Å². The molecule has 5 nitrogen and oxygen atoms in total. The molecule has 0 aliphatic rings. The molecule has 0 aliphatic carbocycles. The van der Waals surface area contributed by atoms with Crippen molar-refractivity contribution >= 4 is 22.6 Å². The van der Waals surface area contributed by atoms with Gasteiger partial charge < -0.3 is 10.2 Å². The quantitative estimate of drug-likeness (QED) is 0.282. The smallest absolute Gasteiger partial charge is 0.221 e. The summed E-state index contributed by atoms with van der Waals surface area (Å²) in [5.74, 6) is 0.880. The molecule has 0 fully saturated rings. The summed E-state index contributed by atoms with van der Waals surface area (Å²) in [4.78, 5) is 19.7. The van der Waals surface area contributed by atoms with E-state index >= 15 is 0 Å². The van der Waals surface area contributed by atoms with E-state index in [2.05, 4.69) is 70.0 Å². The summed E-state index contributed by atoms with van der Waals surface area (Å²) in [5, 5.41) is 4.01. The Morgan fingerprint density at radius 1 is 0.886 bits per heavy atom. The first-order valence-corrected chi connectivity index (χ1v) is 12.9. The molecule has 3 aromatic carbocycles. The monoisotopic (exact) mass is 484 g/mol. The van der Waals surface area contributed by atoms with E-state index in [1.165, 1.54) is 28.2 Å². The molecule has 1 heterocycles. The van der Waals surface area contributed by atoms with Gasteiger partial charge in [-0.2, -0.15) is 4.37 Å². The molecule has 35 heavy (non-hydrogen) atoms. The summed E-state index contributed by atoms with van der Waals surface area (Å²) < 4.78 is 4.59. The largest absolute Gasteiger partial charge is 0.354 e. The third-order valence-corrected chi connectivity index (χ3v) is 6.69. The highest BCUT2D eigenvalue weighted by Gasteiger charge is 2.16. The van der Waals surface area contributed by atoms with Crippen molar-refractivity contribution in [3.63, 3.8) is 0 Å². The minimum absolute atomic E-state index is 0.0673. The maximum absolute atomic E-state index is 12.7. The number of benzene rings is 3. The SMILES string of the molecule is CC(CCc1ccccc1)NC(=O)CCN(Cc1ccccc1)c1nc(Cc2ccccc2)ns1. The lowest BCUT2D eigenvalue weighted by Gasteiger charge is -2.22. The molecule has 1 atom stereocenters. The van der Waals surface area contributed by atoms with Crippen molar-refractivity contribution in [3.05, 3.63) is 114 Å². The van der Waals surface area contributed by atoms with E-state index in [4.69, 9.17) is 4.98 Å². The first kappa shape index (κ1) is 24.6. The van der Waals surface area contributed by atoms with E-state index in [-0.39, 0.29) is 11.9 Å². The third kappa shape index (κ3) is 8.04. The molecule has 0 radical (unpaired) electrons. The number of carbonyl (C=O) groups excluding carboxylic acids is 1. The number of nitrogens with zero attached hydrogens (tertiary/aromatic N) is 3. The van der Waals surface area contributed by atoms with Crippen LogP contribution < -0.4 is 10.2 Å². The predicted molar refractivity (Wildman–Crippen MR) is 144 cm³/mol. The Morgan fingerprint density at radius 2 is 1.49 bits per heavy atom. The third-order valence-electron chi connectivity index (χ3n) is 5.87. The summed E-state index contributed by atoms with van der Waals surface area (Å²) in [6.07, 6.45) is 2.99. The molecule has 1 aromatic heterocycles. The number of aromatic nitrogens is 2. The number of rotatable bonds is 12. The van der Waals surface area contributed by atoms with E-state index < -0.39 is 0 Å². The fraction of sp³-hybridized carbons (Fsp3) is 0.276. The number of amides is 1. The number of carbonyl (C=O) groups is 1. The summed E-state index contributed by atoms with van der Waals surface area (Å²) in [6, 6.07) is 31.1. The number of hydrogen-bond acceptors (Lipinski definition) is 5. The van der Waals surface area contributed by atoms with Gasteiger partial charge in [0.25, 0.3) is 0 Å². The highest BCUT2D eigenvalue weighted by atomic mass is 32.1. The van der Waals surface area contributed by atoms with Crippen LogP contribution in [0.25, 0.3) is 0 Å². The van der Waals surface area contributed by atoms with Gasteiger partial charge in [0.1, 0.15) is 5.82 Å². The van der Waals surface area contributed by atoms with Crippen molar-refractivity contribution in [1.29, 1.82) is 0 Å². The average Bonchev–Trinajstić information content (AvgIpc) is 3.35. The zero-order chi connectivity index (χ0) is 24.3. The normalized spacial score (nSPS) is 11.7. The van der Waals surface area contributed by atoms with Crippen molar-refractivity contribution < 1.29 is 4.79 Å². The maximum Gasteiger partial charge on any atom is 0.221 e. The molecule has 0 bridgehead atoms. The number of aryl methyl sites for hydroxylation is 1. The van der Waals surface area contributed by atoms with Gasteiger partial charge in [0.15, 0.2) is 0 Å². The Labute approximate surface area is 212 Å². The second kappa shape index (κ2) is 12.8. The second-order valence-corrected chi connectivity index (χ2v) is 9.54. The molecule has 1 N–H and O–H groups in total. The highest BCUT2D eigenvalue weighted by Crippen LogP contribution is 2.21. The fourth-order valence-corrected chi connectivity index (χ4v) is 4.66. The van der Waals surface area contributed by atoms with Crippen LogP contribution in [-0.4, -0.2) is 27.9 Å². The van der Waals surface area contributed by atoms with Gasteiger partial charge in [-0.3, -0.25) is 4.79 Å². The Bertz CT molecular complexity index is 1170. The lowest BCUT2D eigenvalue weighted by Crippen LogP contribution is -2.35. The second-order valence-electron chi connectivity index (χ2n) is 8.81. The van der Waals surface area contributed by atoms with Crippen LogP contribution >= 0.6 is 11.5 Å². The fourth-order valence-electron chi connectivity index (χ4n) is 3.95. The van der Waals surface area contributed by atoms with Gasteiger partial charge >= 0.3 is 0 Å². The molecule has 4 rings (SSSR count). The molecule has 0 aliphatic heterocycles. The van der Waals surface area contributed by atoms with Crippen LogP contribution in [-0.2, 0) is 24.2 Å². The van der Waals surface area contributed by atoms with Crippen LogP contribution in [0, 0.1) is 0 Å². The van der Waals surface area contributed by atoms with Gasteiger partial charge in [0, 0.05) is 43.5 Å². The summed E-state index contributed by atoms with van der Waals surface area (Å²) in [7, 11) is 0. The minimum Gasteiger partial charge on any atom is -0.354 e. The lowest BCUT2D eigenvalue weighted by atomic mass is 10.1. The van der Waals surface area contributed by atoms with Crippen molar-refractivity contribution in [2.75, 3.05) is 11.4 Å². The van der Waals surface area contributed by atoms with Crippen LogP contribution in [0.5, 0.6) is 0 Å². The zero-order valence-electron chi connectivity index (χ0n) is 20.1. The summed E-state index contributed by atoms with van der Waals surface area (Å²) in [5.41, 5.74) is 3.67. The van der Waals surface area contributed by atoms with Crippen LogP contribution in [0.4, 0.5) is 5.13 Å². The Balaban J connectivity index is 1.34. The van der Waals surface area contributed by atoms with Crippen molar-refractivity contribution in [3.8, 4) is 0 Å². The van der Waals surface area contributed by atoms with Gasteiger partial charge in [-0.15, -0.1) is 0 Å². The number of nitrogens with one attached hydrogen (secondary N) is 1. The zero-order valence-corrected chi connectivity index (χ0v) is 21.0. The van der Waals surface area contributed by atoms with E-state index in [0.29, 0.717) is 25.9 Å². The number of anilines is 1. The van der Waals surface area contributed by atoms with Crippen molar-refractivity contribution in [2.24, 2.45) is 0 Å². The molecule has 0 spiro atoms. The highest BCUT2D eigenvalue weighted by molar-refractivity contribution is 7.09. The molecule has 6 heteroatoms. The summed E-state index contributed by atoms with van der Waals surface area (Å²) >= 11 is 1.40. The standard InChI is InChI=1S/C29H32N4OS/c1-23(17-18-24-11-5-2-6-12-24)30-28(34)19-20-33(22-26-15-9-4-10-16-26)29-31-27(32-35-29)21-25-13-7-3-8-14-25/h2-16,23H,17-22H2,1H3,(H,30,34).